The van der Waals surface area contributed by atoms with E-state index in [9.17, 15) is 0 Å². The molecule has 67 valence electrons. The Morgan fingerprint density at radius 3 is 3.21 bits per heavy atom. The van der Waals surface area contributed by atoms with Crippen LogP contribution in [-0.4, -0.2) is 19.5 Å². The second-order valence-corrected chi connectivity index (χ2v) is 2.96. The highest BCUT2D eigenvalue weighted by Crippen LogP contribution is 2.11. The molecule has 0 aliphatic carbocycles. The average Bonchev–Trinajstić information content (AvgIpc) is 2.86. The molecule has 4 heteroatoms. The van der Waals surface area contributed by atoms with Crippen molar-refractivity contribution in [1.29, 1.82) is 0 Å². The highest BCUT2D eigenvalue weighted by Gasteiger charge is 2.02. The van der Waals surface area contributed by atoms with Gasteiger partial charge < -0.3 is 4.98 Å². The van der Waals surface area contributed by atoms with Crippen molar-refractivity contribution in [3.05, 3.63) is 43.0 Å². The van der Waals surface area contributed by atoms with Gasteiger partial charge in [-0.3, -0.25) is 4.57 Å². The molecule has 0 saturated carbocycles. The summed E-state index contributed by atoms with van der Waals surface area (Å²) in [6.07, 6.45) is 5.27. The molecule has 14 heavy (non-hydrogen) atoms. The lowest BCUT2D eigenvalue weighted by atomic mass is 10.3. The van der Waals surface area contributed by atoms with Gasteiger partial charge in [0.15, 0.2) is 0 Å². The quantitative estimate of drug-likeness (QED) is 0.622. The zero-order valence-corrected chi connectivity index (χ0v) is 7.31. The summed E-state index contributed by atoms with van der Waals surface area (Å²) in [7, 11) is 0. The minimum Gasteiger partial charge on any atom is -0.323 e. The van der Waals surface area contributed by atoms with E-state index in [4.69, 9.17) is 0 Å². The summed E-state index contributed by atoms with van der Waals surface area (Å²) in [5.41, 5.74) is 1.83. The number of H-pyrrole nitrogens is 1. The van der Waals surface area contributed by atoms with Gasteiger partial charge in [0.05, 0.1) is 11.0 Å². The monoisotopic (exact) mass is 183 g/mol. The molecule has 3 aromatic rings. The van der Waals surface area contributed by atoms with Crippen LogP contribution in [0.1, 0.15) is 0 Å². The fourth-order valence-corrected chi connectivity index (χ4v) is 1.38. The molecule has 2 heterocycles. The van der Waals surface area contributed by atoms with E-state index in [1.807, 2.05) is 29.0 Å². The summed E-state index contributed by atoms with van der Waals surface area (Å²) < 4.78 is 1.83. The molecule has 0 aliphatic heterocycles. The second-order valence-electron chi connectivity index (χ2n) is 2.96. The third-order valence-corrected chi connectivity index (χ3v) is 2.05. The number of rotatable bonds is 1. The van der Waals surface area contributed by atoms with Crippen LogP contribution >= 0.6 is 0 Å². The molecule has 0 spiro atoms. The summed E-state index contributed by atoms with van der Waals surface area (Å²) in [5, 5.41) is 0. The van der Waals surface area contributed by atoms with Crippen molar-refractivity contribution in [2.75, 3.05) is 0 Å². The summed E-state index contributed by atoms with van der Waals surface area (Å²) >= 11 is 0. The maximum Gasteiger partial charge on any atom is 0.213 e. The Kier molecular flexibility index (Phi) is 1.41. The minimum absolute atomic E-state index is 0.764. The normalized spacial score (nSPS) is 10.9. The molecule has 4 nitrogen and oxygen atoms in total. The van der Waals surface area contributed by atoms with Crippen molar-refractivity contribution < 1.29 is 0 Å². The Labute approximate surface area is 80.2 Å². The number of hydrogen-bond donors (Lipinski definition) is 1. The fraction of sp³-hybridized carbons (Fsp3) is 0. The van der Waals surface area contributed by atoms with Crippen LogP contribution in [0, 0.1) is 6.07 Å². The molecule has 0 amide bonds. The molecule has 0 saturated heterocycles. The van der Waals surface area contributed by atoms with Crippen molar-refractivity contribution >= 4 is 11.0 Å². The summed E-state index contributed by atoms with van der Waals surface area (Å²) in [4.78, 5) is 11.5. The lowest BCUT2D eigenvalue weighted by molar-refractivity contribution is 0.967. The molecule has 0 fully saturated rings. The van der Waals surface area contributed by atoms with Gasteiger partial charge >= 0.3 is 0 Å². The molecule has 2 aromatic heterocycles. The molecule has 0 unspecified atom stereocenters. The van der Waals surface area contributed by atoms with Crippen LogP contribution in [0.25, 0.3) is 17.0 Å². The molecule has 3 rings (SSSR count). The van der Waals surface area contributed by atoms with E-state index >= 15 is 0 Å². The Balaban J connectivity index is 2.24. The van der Waals surface area contributed by atoms with Crippen molar-refractivity contribution in [1.82, 2.24) is 19.5 Å². The third-order valence-electron chi connectivity index (χ3n) is 2.05. The third kappa shape index (κ3) is 1.01. The van der Waals surface area contributed by atoms with Gasteiger partial charge in [-0.05, 0) is 6.07 Å². The van der Waals surface area contributed by atoms with Gasteiger partial charge in [-0.1, -0.05) is 12.1 Å². The van der Waals surface area contributed by atoms with Crippen LogP contribution in [0.4, 0.5) is 0 Å². The summed E-state index contributed by atoms with van der Waals surface area (Å²) in [6.45, 7) is 0. The average molecular weight is 183 g/mol. The molecule has 1 radical (unpaired) electrons. The fourth-order valence-electron chi connectivity index (χ4n) is 1.38. The molecule has 0 bridgehead atoms. The van der Waals surface area contributed by atoms with E-state index in [-0.39, 0.29) is 0 Å². The van der Waals surface area contributed by atoms with Gasteiger partial charge in [0.1, 0.15) is 6.33 Å². The van der Waals surface area contributed by atoms with Crippen molar-refractivity contribution in [3.8, 4) is 5.95 Å². The number of aromatic amines is 1. The first-order valence-electron chi connectivity index (χ1n) is 4.28. The van der Waals surface area contributed by atoms with Crippen LogP contribution in [0.5, 0.6) is 0 Å². The van der Waals surface area contributed by atoms with Crippen molar-refractivity contribution in [2.45, 2.75) is 0 Å². The first kappa shape index (κ1) is 7.32. The Hall–Kier alpha value is -2.10. The maximum atomic E-state index is 4.37. The van der Waals surface area contributed by atoms with E-state index in [1.54, 1.807) is 12.5 Å². The van der Waals surface area contributed by atoms with E-state index in [2.05, 4.69) is 21.0 Å². The number of imidazole rings is 2. The van der Waals surface area contributed by atoms with Gasteiger partial charge in [0.2, 0.25) is 5.95 Å². The van der Waals surface area contributed by atoms with Crippen LogP contribution in [-0.2, 0) is 0 Å². The largest absolute Gasteiger partial charge is 0.323 e. The Morgan fingerprint density at radius 1 is 1.43 bits per heavy atom. The van der Waals surface area contributed by atoms with Crippen LogP contribution < -0.4 is 0 Å². The molecule has 0 aliphatic rings. The molecular weight excluding hydrogens is 176 g/mol. The second kappa shape index (κ2) is 2.70. The number of aromatic nitrogens is 4. The van der Waals surface area contributed by atoms with Crippen molar-refractivity contribution in [3.63, 3.8) is 0 Å². The molecule has 0 atom stereocenters. The first-order chi connectivity index (χ1) is 6.93. The lowest BCUT2D eigenvalue weighted by Gasteiger charge is -1.91. The number of fused-ring (bicyclic) bond motifs is 1. The smallest absolute Gasteiger partial charge is 0.213 e. The van der Waals surface area contributed by atoms with Crippen molar-refractivity contribution in [2.24, 2.45) is 0 Å². The SMILES string of the molecule is [c]1cccc2[nH]c(-n3ccnc3)nc12. The van der Waals surface area contributed by atoms with Gasteiger partial charge in [0.25, 0.3) is 0 Å². The first-order valence-corrected chi connectivity index (χ1v) is 4.28. The summed E-state index contributed by atoms with van der Waals surface area (Å²) in [6, 6.07) is 8.81. The zero-order valence-electron chi connectivity index (χ0n) is 7.31. The number of nitrogens with one attached hydrogen (secondary N) is 1. The van der Waals surface area contributed by atoms with Crippen LogP contribution in [0.15, 0.2) is 36.9 Å². The minimum atomic E-state index is 0.764. The zero-order chi connectivity index (χ0) is 9.38. The topological polar surface area (TPSA) is 46.5 Å². The number of benzene rings is 1. The van der Waals surface area contributed by atoms with Gasteiger partial charge in [-0.25, -0.2) is 9.97 Å². The number of nitrogens with zero attached hydrogens (tertiary/aromatic N) is 3. The van der Waals surface area contributed by atoms with Crippen LogP contribution in [0.3, 0.4) is 0 Å². The maximum absolute atomic E-state index is 4.37. The van der Waals surface area contributed by atoms with Gasteiger partial charge in [0, 0.05) is 18.5 Å². The molecule has 1 aromatic carbocycles. The number of hydrogen-bond acceptors (Lipinski definition) is 2. The Bertz CT molecular complexity index is 517. The van der Waals surface area contributed by atoms with E-state index in [0.29, 0.717) is 0 Å². The molecular formula is C10H7N4. The highest BCUT2D eigenvalue weighted by atomic mass is 15.2. The summed E-state index contributed by atoms with van der Waals surface area (Å²) in [5.74, 6) is 0.764. The predicted octanol–water partition coefficient (Wildman–Crippen LogP) is 1.55. The highest BCUT2D eigenvalue weighted by molar-refractivity contribution is 5.75. The van der Waals surface area contributed by atoms with E-state index in [1.165, 1.54) is 0 Å². The lowest BCUT2D eigenvalue weighted by Crippen LogP contribution is -1.91. The van der Waals surface area contributed by atoms with Gasteiger partial charge in [-0.2, -0.15) is 0 Å². The van der Waals surface area contributed by atoms with Crippen LogP contribution in [0.2, 0.25) is 0 Å². The van der Waals surface area contributed by atoms with E-state index in [0.717, 1.165) is 17.0 Å². The standard InChI is InChI=1S/C10H7N4/c1-2-4-9-8(3-1)12-10(13-9)14-6-5-11-7-14/h1-3,5-7H,(H,12,13). The van der Waals surface area contributed by atoms with Gasteiger partial charge in [-0.15, -0.1) is 0 Å². The molecule has 1 N–H and O–H groups in total. The Morgan fingerprint density at radius 2 is 2.43 bits per heavy atom. The predicted molar refractivity (Wildman–Crippen MR) is 52.1 cm³/mol. The van der Waals surface area contributed by atoms with E-state index < -0.39 is 0 Å². The number of para-hydroxylation sites is 1.